The first-order valence-corrected chi connectivity index (χ1v) is 7.21. The molecule has 0 N–H and O–H groups in total. The van der Waals surface area contributed by atoms with Gasteiger partial charge in [0.2, 0.25) is 0 Å². The van der Waals surface area contributed by atoms with E-state index in [1.165, 1.54) is 23.9 Å². The van der Waals surface area contributed by atoms with Crippen molar-refractivity contribution in [3.63, 3.8) is 0 Å². The summed E-state index contributed by atoms with van der Waals surface area (Å²) in [6, 6.07) is 5.51. The van der Waals surface area contributed by atoms with Crippen molar-refractivity contribution in [1.29, 1.82) is 0 Å². The predicted octanol–water partition coefficient (Wildman–Crippen LogP) is 4.18. The highest BCUT2D eigenvalue weighted by Crippen LogP contribution is 2.36. The van der Waals surface area contributed by atoms with Gasteiger partial charge in [0.25, 0.3) is 0 Å². The Kier molecular flexibility index (Phi) is 4.57. The van der Waals surface area contributed by atoms with Crippen LogP contribution in [-0.4, -0.2) is 17.7 Å². The zero-order valence-electron chi connectivity index (χ0n) is 9.61. The van der Waals surface area contributed by atoms with Crippen LogP contribution in [0.25, 0.3) is 0 Å². The standard InChI is InChI=1S/C12H14F3OPS/c13-12(14,15)8-2-1-3-9(6-8)18-10-4-5-16-11(17)7-10/h1-3,6,10-11H,4-5,7,17H2. The number of alkyl halides is 3. The fourth-order valence-corrected chi connectivity index (χ4v) is 3.74. The molecule has 1 heterocycles. The summed E-state index contributed by atoms with van der Waals surface area (Å²) in [4.78, 5) is 0.675. The molecule has 1 aromatic carbocycles. The molecule has 0 bridgehead atoms. The average Bonchev–Trinajstić information content (AvgIpc) is 2.28. The molecule has 0 spiro atoms. The Hall–Kier alpha value is -0.250. The molecular weight excluding hydrogens is 280 g/mol. The molecule has 0 saturated carbocycles. The van der Waals surface area contributed by atoms with Gasteiger partial charge in [-0.25, -0.2) is 0 Å². The predicted molar refractivity (Wildman–Crippen MR) is 69.8 cm³/mol. The summed E-state index contributed by atoms with van der Waals surface area (Å²) in [5.41, 5.74) is -0.581. The van der Waals surface area contributed by atoms with E-state index in [2.05, 4.69) is 9.24 Å². The van der Waals surface area contributed by atoms with E-state index in [4.69, 9.17) is 4.74 Å². The maximum Gasteiger partial charge on any atom is 0.416 e. The Morgan fingerprint density at radius 3 is 2.78 bits per heavy atom. The maximum atomic E-state index is 12.6. The third kappa shape index (κ3) is 3.87. The topological polar surface area (TPSA) is 9.23 Å². The van der Waals surface area contributed by atoms with E-state index in [1.54, 1.807) is 6.07 Å². The summed E-state index contributed by atoms with van der Waals surface area (Å²) in [5.74, 6) is 0.113. The number of hydrogen-bond acceptors (Lipinski definition) is 2. The fraction of sp³-hybridized carbons (Fsp3) is 0.500. The minimum absolute atomic E-state index is 0.113. The third-order valence-electron chi connectivity index (χ3n) is 2.73. The molecule has 1 aliphatic heterocycles. The molecule has 1 aromatic rings. The number of benzene rings is 1. The van der Waals surface area contributed by atoms with Gasteiger partial charge < -0.3 is 4.74 Å². The van der Waals surface area contributed by atoms with Crippen LogP contribution in [0.1, 0.15) is 18.4 Å². The van der Waals surface area contributed by atoms with E-state index < -0.39 is 11.7 Å². The molecule has 1 fully saturated rings. The van der Waals surface area contributed by atoms with Crippen LogP contribution >= 0.6 is 21.0 Å². The highest BCUT2D eigenvalue weighted by Gasteiger charge is 2.30. The summed E-state index contributed by atoms with van der Waals surface area (Å²) in [6.07, 6.45) is -2.53. The molecule has 0 radical (unpaired) electrons. The molecule has 2 rings (SSSR count). The molecular formula is C12H14F3OPS. The minimum Gasteiger partial charge on any atom is -0.374 e. The average molecular weight is 294 g/mol. The minimum atomic E-state index is -4.27. The Morgan fingerprint density at radius 2 is 2.11 bits per heavy atom. The monoisotopic (exact) mass is 294 g/mol. The molecule has 18 heavy (non-hydrogen) atoms. The summed E-state index contributed by atoms with van der Waals surface area (Å²) >= 11 is 1.51. The Bertz CT molecular complexity index is 411. The normalized spacial score (nSPS) is 25.1. The first-order valence-electron chi connectivity index (χ1n) is 5.66. The lowest BCUT2D eigenvalue weighted by molar-refractivity contribution is -0.137. The van der Waals surface area contributed by atoms with Gasteiger partial charge in [0.1, 0.15) is 0 Å². The van der Waals surface area contributed by atoms with E-state index in [1.807, 2.05) is 0 Å². The van der Waals surface area contributed by atoms with Crippen molar-refractivity contribution >= 4 is 21.0 Å². The quantitative estimate of drug-likeness (QED) is 0.757. The second-order valence-corrected chi connectivity index (χ2v) is 6.32. The van der Waals surface area contributed by atoms with E-state index >= 15 is 0 Å². The molecule has 0 aliphatic carbocycles. The lowest BCUT2D eigenvalue weighted by atomic mass is 10.2. The molecule has 0 aromatic heterocycles. The number of rotatable bonds is 2. The Labute approximate surface area is 111 Å². The van der Waals surface area contributed by atoms with Gasteiger partial charge in [-0.1, -0.05) is 6.07 Å². The maximum absolute atomic E-state index is 12.6. The van der Waals surface area contributed by atoms with Gasteiger partial charge in [-0.2, -0.15) is 13.2 Å². The lowest BCUT2D eigenvalue weighted by Gasteiger charge is -2.26. The van der Waals surface area contributed by atoms with Gasteiger partial charge in [0.05, 0.1) is 11.4 Å². The van der Waals surface area contributed by atoms with Gasteiger partial charge in [-0.3, -0.25) is 0 Å². The van der Waals surface area contributed by atoms with Crippen LogP contribution in [-0.2, 0) is 10.9 Å². The largest absolute Gasteiger partial charge is 0.416 e. The van der Waals surface area contributed by atoms with Crippen molar-refractivity contribution < 1.29 is 17.9 Å². The van der Waals surface area contributed by atoms with E-state index in [9.17, 15) is 13.2 Å². The highest BCUT2D eigenvalue weighted by atomic mass is 32.2. The summed E-state index contributed by atoms with van der Waals surface area (Å²) in [6.45, 7) is 0.671. The third-order valence-corrected chi connectivity index (χ3v) is 4.48. The molecule has 1 aliphatic rings. The lowest BCUT2D eigenvalue weighted by Crippen LogP contribution is -2.22. The van der Waals surface area contributed by atoms with Crippen LogP contribution in [0.4, 0.5) is 13.2 Å². The molecule has 100 valence electrons. The van der Waals surface area contributed by atoms with Crippen LogP contribution in [0.15, 0.2) is 29.2 Å². The van der Waals surface area contributed by atoms with Crippen LogP contribution in [0, 0.1) is 0 Å². The number of thioether (sulfide) groups is 1. The van der Waals surface area contributed by atoms with Crippen molar-refractivity contribution in [2.75, 3.05) is 6.61 Å². The van der Waals surface area contributed by atoms with Gasteiger partial charge in [-0.15, -0.1) is 21.0 Å². The molecule has 6 heteroatoms. The molecule has 1 saturated heterocycles. The number of ether oxygens (including phenoxy) is 1. The van der Waals surface area contributed by atoms with Crippen molar-refractivity contribution in [1.82, 2.24) is 0 Å². The van der Waals surface area contributed by atoms with Crippen molar-refractivity contribution in [2.24, 2.45) is 0 Å². The highest BCUT2D eigenvalue weighted by molar-refractivity contribution is 8.00. The smallest absolute Gasteiger partial charge is 0.374 e. The number of hydrogen-bond donors (Lipinski definition) is 0. The van der Waals surface area contributed by atoms with Crippen LogP contribution in [0.2, 0.25) is 0 Å². The van der Waals surface area contributed by atoms with Crippen LogP contribution in [0.3, 0.4) is 0 Å². The molecule has 0 amide bonds. The van der Waals surface area contributed by atoms with Crippen molar-refractivity contribution in [3.05, 3.63) is 29.8 Å². The van der Waals surface area contributed by atoms with Gasteiger partial charge >= 0.3 is 6.18 Å². The Balaban J connectivity index is 2.05. The molecule has 1 nitrogen and oxygen atoms in total. The van der Waals surface area contributed by atoms with E-state index in [0.717, 1.165) is 18.9 Å². The van der Waals surface area contributed by atoms with Crippen molar-refractivity contribution in [2.45, 2.75) is 35.0 Å². The van der Waals surface area contributed by atoms with Crippen molar-refractivity contribution in [3.8, 4) is 0 Å². The second-order valence-electron chi connectivity index (χ2n) is 4.20. The van der Waals surface area contributed by atoms with Gasteiger partial charge in [0, 0.05) is 16.8 Å². The molecule has 3 unspecified atom stereocenters. The van der Waals surface area contributed by atoms with E-state index in [-0.39, 0.29) is 5.85 Å². The summed E-state index contributed by atoms with van der Waals surface area (Å²) in [7, 11) is 2.61. The summed E-state index contributed by atoms with van der Waals surface area (Å²) < 4.78 is 43.1. The fourth-order valence-electron chi connectivity index (χ4n) is 1.84. The van der Waals surface area contributed by atoms with Crippen LogP contribution < -0.4 is 0 Å². The first-order chi connectivity index (χ1) is 8.45. The second kappa shape index (κ2) is 5.81. The zero-order valence-corrected chi connectivity index (χ0v) is 11.6. The summed E-state index contributed by atoms with van der Waals surface area (Å²) in [5, 5.41) is 0.324. The zero-order chi connectivity index (χ0) is 13.2. The number of halogens is 3. The molecule has 3 atom stereocenters. The Morgan fingerprint density at radius 1 is 1.33 bits per heavy atom. The first kappa shape index (κ1) is 14.2. The van der Waals surface area contributed by atoms with Gasteiger partial charge in [-0.05, 0) is 31.0 Å². The van der Waals surface area contributed by atoms with Gasteiger partial charge in [0.15, 0.2) is 0 Å². The van der Waals surface area contributed by atoms with Crippen LogP contribution in [0.5, 0.6) is 0 Å². The van der Waals surface area contributed by atoms with E-state index in [0.29, 0.717) is 16.8 Å². The SMILES string of the molecule is FC(F)(F)c1cccc(SC2CCOC(P)C2)c1.